The van der Waals surface area contributed by atoms with Crippen LogP contribution in [0.25, 0.3) is 0 Å². The minimum atomic E-state index is -4.62. The molecule has 0 bridgehead atoms. The van der Waals surface area contributed by atoms with E-state index in [-0.39, 0.29) is 17.5 Å². The van der Waals surface area contributed by atoms with Gasteiger partial charge in [-0.15, -0.1) is 0 Å². The molecule has 27 heavy (non-hydrogen) atoms. The average Bonchev–Trinajstić information content (AvgIpc) is 2.60. The van der Waals surface area contributed by atoms with Gasteiger partial charge in [-0.05, 0) is 54.7 Å². The molecule has 0 saturated carbocycles. The van der Waals surface area contributed by atoms with Crippen molar-refractivity contribution in [1.82, 2.24) is 0 Å². The smallest absolute Gasteiger partial charge is 0.380 e. The van der Waals surface area contributed by atoms with Crippen LogP contribution in [0.2, 0.25) is 0 Å². The zero-order valence-electron chi connectivity index (χ0n) is 14.0. The molecule has 0 amide bonds. The van der Waals surface area contributed by atoms with Crippen molar-refractivity contribution in [2.24, 2.45) is 0 Å². The van der Waals surface area contributed by atoms with Crippen molar-refractivity contribution in [1.29, 1.82) is 0 Å². The predicted molar refractivity (Wildman–Crippen MR) is 93.5 cm³/mol. The molecule has 0 aliphatic carbocycles. The maximum Gasteiger partial charge on any atom is 0.416 e. The van der Waals surface area contributed by atoms with Gasteiger partial charge in [-0.3, -0.25) is 0 Å². The topological polar surface area (TPSA) is 20.2 Å². The zero-order chi connectivity index (χ0) is 20.3. The Labute approximate surface area is 161 Å². The number of aliphatic hydroxyl groups is 1. The maximum absolute atomic E-state index is 13.0. The number of hydrogen-bond acceptors (Lipinski definition) is 1. The van der Waals surface area contributed by atoms with Crippen LogP contribution in [0.3, 0.4) is 0 Å². The number of unbranched alkanes of at least 4 members (excludes halogenated alkanes) is 1. The van der Waals surface area contributed by atoms with Gasteiger partial charge in [-0.2, -0.15) is 26.3 Å². The molecule has 0 spiro atoms. The van der Waals surface area contributed by atoms with Crippen molar-refractivity contribution >= 4 is 15.9 Å². The van der Waals surface area contributed by atoms with Gasteiger partial charge in [-0.25, -0.2) is 0 Å². The average molecular weight is 455 g/mol. The van der Waals surface area contributed by atoms with Crippen LogP contribution in [-0.2, 0) is 18.0 Å². The molecular weight excluding hydrogens is 438 g/mol. The van der Waals surface area contributed by atoms with Crippen LogP contribution >= 0.6 is 15.9 Å². The van der Waals surface area contributed by atoms with Crippen LogP contribution in [0, 0.1) is 0 Å². The summed E-state index contributed by atoms with van der Waals surface area (Å²) < 4.78 is 78.3. The van der Waals surface area contributed by atoms with Gasteiger partial charge in [0, 0.05) is 5.33 Å². The van der Waals surface area contributed by atoms with Crippen molar-refractivity contribution in [3.05, 3.63) is 70.8 Å². The molecule has 2 rings (SSSR count). The SMILES string of the molecule is OC(CCCCBr)(c1cccc(C(F)(F)F)c1)c1cccc(C(F)(F)F)c1. The Kier molecular flexibility index (Phi) is 6.63. The Morgan fingerprint density at radius 1 is 0.704 bits per heavy atom. The van der Waals surface area contributed by atoms with Crippen LogP contribution in [0.15, 0.2) is 48.5 Å². The summed E-state index contributed by atoms with van der Waals surface area (Å²) in [6.07, 6.45) is -8.24. The van der Waals surface area contributed by atoms with Gasteiger partial charge in [0.15, 0.2) is 0 Å². The molecule has 0 heterocycles. The molecule has 2 aromatic rings. The van der Waals surface area contributed by atoms with Crippen molar-refractivity contribution in [3.8, 4) is 0 Å². The summed E-state index contributed by atoms with van der Waals surface area (Å²) in [7, 11) is 0. The number of rotatable bonds is 6. The van der Waals surface area contributed by atoms with E-state index in [1.165, 1.54) is 12.1 Å². The van der Waals surface area contributed by atoms with Crippen LogP contribution < -0.4 is 0 Å². The molecule has 8 heteroatoms. The van der Waals surface area contributed by atoms with E-state index in [0.717, 1.165) is 36.4 Å². The van der Waals surface area contributed by atoms with Crippen molar-refractivity contribution in [2.75, 3.05) is 5.33 Å². The maximum atomic E-state index is 13.0. The first-order valence-electron chi connectivity index (χ1n) is 8.12. The van der Waals surface area contributed by atoms with E-state index in [0.29, 0.717) is 18.2 Å². The fourth-order valence-electron chi connectivity index (χ4n) is 2.84. The molecule has 0 aliphatic rings. The fraction of sp³-hybridized carbons (Fsp3) is 0.368. The van der Waals surface area contributed by atoms with E-state index >= 15 is 0 Å². The second kappa shape index (κ2) is 8.22. The van der Waals surface area contributed by atoms with Gasteiger partial charge in [0.25, 0.3) is 0 Å². The van der Waals surface area contributed by atoms with Gasteiger partial charge in [-0.1, -0.05) is 40.2 Å². The third kappa shape index (κ3) is 5.25. The summed E-state index contributed by atoms with van der Waals surface area (Å²) >= 11 is 3.23. The first kappa shape index (κ1) is 21.8. The van der Waals surface area contributed by atoms with Crippen molar-refractivity contribution in [3.63, 3.8) is 0 Å². The molecule has 0 radical (unpaired) electrons. The first-order chi connectivity index (χ1) is 12.5. The quantitative estimate of drug-likeness (QED) is 0.299. The molecule has 1 nitrogen and oxygen atoms in total. The second-order valence-electron chi connectivity index (χ2n) is 6.16. The zero-order valence-corrected chi connectivity index (χ0v) is 15.6. The Morgan fingerprint density at radius 2 is 1.11 bits per heavy atom. The lowest BCUT2D eigenvalue weighted by atomic mass is 9.81. The molecule has 1 N–H and O–H groups in total. The Balaban J connectivity index is 2.57. The molecule has 0 aliphatic heterocycles. The van der Waals surface area contributed by atoms with E-state index in [9.17, 15) is 31.4 Å². The number of alkyl halides is 7. The monoisotopic (exact) mass is 454 g/mol. The highest BCUT2D eigenvalue weighted by atomic mass is 79.9. The van der Waals surface area contributed by atoms with Gasteiger partial charge < -0.3 is 5.11 Å². The fourth-order valence-corrected chi connectivity index (χ4v) is 3.23. The third-order valence-electron chi connectivity index (χ3n) is 4.26. The van der Waals surface area contributed by atoms with E-state index in [4.69, 9.17) is 0 Å². The number of halogens is 7. The highest BCUT2D eigenvalue weighted by molar-refractivity contribution is 9.09. The van der Waals surface area contributed by atoms with E-state index in [1.54, 1.807) is 0 Å². The van der Waals surface area contributed by atoms with Crippen molar-refractivity contribution in [2.45, 2.75) is 37.2 Å². The van der Waals surface area contributed by atoms with Gasteiger partial charge in [0.2, 0.25) is 0 Å². The normalized spacial score (nSPS) is 13.0. The van der Waals surface area contributed by atoms with Gasteiger partial charge in [0.05, 0.1) is 11.1 Å². The minimum absolute atomic E-state index is 0.0127. The minimum Gasteiger partial charge on any atom is -0.380 e. The number of benzene rings is 2. The van der Waals surface area contributed by atoms with E-state index < -0.39 is 29.1 Å². The summed E-state index contributed by atoms with van der Waals surface area (Å²) in [6.45, 7) is 0. The highest BCUT2D eigenvalue weighted by Crippen LogP contribution is 2.40. The summed E-state index contributed by atoms with van der Waals surface area (Å²) in [5.41, 5.74) is -4.08. The van der Waals surface area contributed by atoms with Gasteiger partial charge >= 0.3 is 12.4 Å². The van der Waals surface area contributed by atoms with E-state index in [2.05, 4.69) is 15.9 Å². The van der Waals surface area contributed by atoms with E-state index in [1.807, 2.05) is 0 Å². The first-order valence-corrected chi connectivity index (χ1v) is 9.24. The summed E-state index contributed by atoms with van der Waals surface area (Å²) in [5.74, 6) is 0. The summed E-state index contributed by atoms with van der Waals surface area (Å²) in [4.78, 5) is 0. The lowest BCUT2D eigenvalue weighted by molar-refractivity contribution is -0.138. The molecule has 0 unspecified atom stereocenters. The predicted octanol–water partition coefficient (Wildman–Crippen LogP) is 6.53. The molecular formula is C19H17BrF6O. The third-order valence-corrected chi connectivity index (χ3v) is 4.82. The van der Waals surface area contributed by atoms with Crippen LogP contribution in [0.4, 0.5) is 26.3 Å². The number of hydrogen-bond donors (Lipinski definition) is 1. The molecule has 0 atom stereocenters. The molecule has 0 fully saturated rings. The summed E-state index contributed by atoms with van der Waals surface area (Å²) in [6, 6.07) is 8.15. The standard InChI is InChI=1S/C19H17BrF6O/c20-10-2-1-9-17(27,13-5-3-7-15(11-13)18(21,22)23)14-6-4-8-16(12-14)19(24,25)26/h3-8,11-12,27H,1-2,9-10H2. The van der Waals surface area contributed by atoms with Crippen LogP contribution in [0.1, 0.15) is 41.5 Å². The lowest BCUT2D eigenvalue weighted by Crippen LogP contribution is -2.28. The largest absolute Gasteiger partial charge is 0.416 e. The van der Waals surface area contributed by atoms with Crippen LogP contribution in [0.5, 0.6) is 0 Å². The van der Waals surface area contributed by atoms with Crippen LogP contribution in [-0.4, -0.2) is 10.4 Å². The lowest BCUT2D eigenvalue weighted by Gasteiger charge is -2.30. The Hall–Kier alpha value is -1.54. The summed E-state index contributed by atoms with van der Waals surface area (Å²) in [5, 5.41) is 11.8. The van der Waals surface area contributed by atoms with Gasteiger partial charge in [0.1, 0.15) is 5.60 Å². The Morgan fingerprint density at radius 3 is 1.48 bits per heavy atom. The molecule has 2 aromatic carbocycles. The molecule has 0 aromatic heterocycles. The molecule has 0 saturated heterocycles. The second-order valence-corrected chi connectivity index (χ2v) is 6.96. The molecule has 148 valence electrons. The van der Waals surface area contributed by atoms with Crippen molar-refractivity contribution < 1.29 is 31.4 Å². The Bertz CT molecular complexity index is 712. The highest BCUT2D eigenvalue weighted by Gasteiger charge is 2.37.